The first-order valence-electron chi connectivity index (χ1n) is 6.03. The Labute approximate surface area is 103 Å². The molecule has 3 heteroatoms. The number of fused-ring (bicyclic) bond motifs is 1. The Morgan fingerprint density at radius 1 is 1.35 bits per heavy atom. The fraction of sp³-hybridized carbons (Fsp3) is 0.429. The molecule has 17 heavy (non-hydrogen) atoms. The molecule has 0 fully saturated rings. The van der Waals surface area contributed by atoms with Crippen molar-refractivity contribution < 1.29 is 4.74 Å². The number of ether oxygens (including phenoxy) is 1. The highest BCUT2D eigenvalue weighted by atomic mass is 16.5. The Kier molecular flexibility index (Phi) is 3.69. The van der Waals surface area contributed by atoms with Crippen LogP contribution in [0.3, 0.4) is 0 Å². The van der Waals surface area contributed by atoms with Crippen molar-refractivity contribution in [3.63, 3.8) is 0 Å². The van der Waals surface area contributed by atoms with Crippen LogP contribution in [0.2, 0.25) is 0 Å². The summed E-state index contributed by atoms with van der Waals surface area (Å²) in [6.45, 7) is 7.94. The highest BCUT2D eigenvalue weighted by Crippen LogP contribution is 2.28. The van der Waals surface area contributed by atoms with E-state index in [1.807, 2.05) is 0 Å². The zero-order valence-corrected chi connectivity index (χ0v) is 10.6. The maximum atomic E-state index is 5.38. The van der Waals surface area contributed by atoms with Crippen molar-refractivity contribution in [1.82, 2.24) is 5.32 Å². The number of aryl methyl sites for hydroxylation is 2. The van der Waals surface area contributed by atoms with Crippen LogP contribution >= 0.6 is 0 Å². The molecule has 0 amide bonds. The fourth-order valence-electron chi connectivity index (χ4n) is 2.15. The molecule has 1 aromatic rings. The normalized spacial score (nSPS) is 16.2. The van der Waals surface area contributed by atoms with Crippen molar-refractivity contribution in [3.05, 3.63) is 35.5 Å². The smallest absolute Gasteiger partial charge is 0.122 e. The van der Waals surface area contributed by atoms with E-state index in [2.05, 4.69) is 36.3 Å². The second-order valence-electron chi connectivity index (χ2n) is 4.49. The molecule has 0 bridgehead atoms. The predicted molar refractivity (Wildman–Crippen MR) is 71.7 cm³/mol. The van der Waals surface area contributed by atoms with Gasteiger partial charge in [-0.25, -0.2) is 0 Å². The Morgan fingerprint density at radius 3 is 2.94 bits per heavy atom. The average Bonchev–Trinajstić information content (AvgIpc) is 2.38. The summed E-state index contributed by atoms with van der Waals surface area (Å²) in [4.78, 5) is 0. The van der Waals surface area contributed by atoms with Gasteiger partial charge in [0.1, 0.15) is 5.75 Å². The van der Waals surface area contributed by atoms with E-state index in [1.165, 1.54) is 5.56 Å². The quantitative estimate of drug-likeness (QED) is 0.780. The van der Waals surface area contributed by atoms with Crippen molar-refractivity contribution in [1.29, 1.82) is 0 Å². The third-order valence-electron chi connectivity index (χ3n) is 3.07. The molecule has 0 spiro atoms. The minimum absolute atomic E-state index is 0.824. The van der Waals surface area contributed by atoms with Crippen molar-refractivity contribution in [2.75, 3.05) is 25.5 Å². The van der Waals surface area contributed by atoms with Crippen LogP contribution in [-0.4, -0.2) is 20.2 Å². The van der Waals surface area contributed by atoms with Gasteiger partial charge in [0, 0.05) is 17.9 Å². The summed E-state index contributed by atoms with van der Waals surface area (Å²) in [5.41, 5.74) is 4.63. The largest absolute Gasteiger partial charge is 0.496 e. The van der Waals surface area contributed by atoms with Crippen LogP contribution in [0.1, 0.15) is 17.5 Å². The fourth-order valence-corrected chi connectivity index (χ4v) is 2.15. The number of benzene rings is 1. The van der Waals surface area contributed by atoms with Gasteiger partial charge in [-0.15, -0.1) is 0 Å². The molecule has 0 saturated carbocycles. The second kappa shape index (κ2) is 5.23. The van der Waals surface area contributed by atoms with E-state index in [-0.39, 0.29) is 0 Å². The molecule has 92 valence electrons. The van der Waals surface area contributed by atoms with Gasteiger partial charge in [0.15, 0.2) is 0 Å². The molecule has 0 unspecified atom stereocenters. The zero-order chi connectivity index (χ0) is 12.3. The van der Waals surface area contributed by atoms with Crippen LogP contribution < -0.4 is 15.4 Å². The zero-order valence-electron chi connectivity index (χ0n) is 10.6. The molecule has 2 rings (SSSR count). The number of anilines is 1. The molecule has 3 nitrogen and oxygen atoms in total. The summed E-state index contributed by atoms with van der Waals surface area (Å²) in [7, 11) is 1.72. The molecule has 1 heterocycles. The van der Waals surface area contributed by atoms with Crippen LogP contribution in [0.5, 0.6) is 5.75 Å². The summed E-state index contributed by atoms with van der Waals surface area (Å²) in [5.74, 6) is 0.961. The molecular formula is C14H20N2O. The van der Waals surface area contributed by atoms with Crippen LogP contribution in [0.15, 0.2) is 24.4 Å². The maximum Gasteiger partial charge on any atom is 0.122 e. The van der Waals surface area contributed by atoms with Crippen molar-refractivity contribution in [2.24, 2.45) is 0 Å². The molecule has 0 saturated heterocycles. The number of methoxy groups -OCH3 is 1. The summed E-state index contributed by atoms with van der Waals surface area (Å²) >= 11 is 0. The lowest BCUT2D eigenvalue weighted by atomic mass is 10.0. The van der Waals surface area contributed by atoms with Gasteiger partial charge in [0.25, 0.3) is 0 Å². The Hall–Kier alpha value is -1.48. The molecule has 1 aromatic carbocycles. The van der Waals surface area contributed by atoms with Gasteiger partial charge in [-0.1, -0.05) is 6.58 Å². The molecule has 2 N–H and O–H groups in total. The van der Waals surface area contributed by atoms with Gasteiger partial charge < -0.3 is 15.4 Å². The minimum Gasteiger partial charge on any atom is -0.496 e. The van der Waals surface area contributed by atoms with Crippen LogP contribution in [-0.2, 0) is 6.42 Å². The summed E-state index contributed by atoms with van der Waals surface area (Å²) in [5, 5.41) is 6.74. The van der Waals surface area contributed by atoms with E-state index in [9.17, 15) is 0 Å². The number of rotatable bonds is 1. The number of hydrogen-bond donors (Lipinski definition) is 2. The molecule has 0 aliphatic carbocycles. The SMILES string of the molecule is C=C1CNCCCc2cc(OC)c(C)cc2N1. The Morgan fingerprint density at radius 2 is 2.18 bits per heavy atom. The maximum absolute atomic E-state index is 5.38. The van der Waals surface area contributed by atoms with Crippen LogP contribution in [0.4, 0.5) is 5.69 Å². The highest BCUT2D eigenvalue weighted by Gasteiger charge is 2.10. The second-order valence-corrected chi connectivity index (χ2v) is 4.49. The van der Waals surface area contributed by atoms with E-state index >= 15 is 0 Å². The average molecular weight is 232 g/mol. The lowest BCUT2D eigenvalue weighted by Crippen LogP contribution is -2.20. The number of hydrogen-bond acceptors (Lipinski definition) is 3. The van der Waals surface area contributed by atoms with Gasteiger partial charge in [0.2, 0.25) is 0 Å². The third-order valence-corrected chi connectivity index (χ3v) is 3.07. The summed E-state index contributed by atoms with van der Waals surface area (Å²) in [6.07, 6.45) is 2.19. The number of nitrogens with one attached hydrogen (secondary N) is 2. The van der Waals surface area contributed by atoms with Crippen molar-refractivity contribution in [2.45, 2.75) is 19.8 Å². The van der Waals surface area contributed by atoms with Crippen molar-refractivity contribution >= 4 is 5.69 Å². The van der Waals surface area contributed by atoms with E-state index in [0.717, 1.165) is 48.6 Å². The van der Waals surface area contributed by atoms with Gasteiger partial charge in [-0.3, -0.25) is 0 Å². The highest BCUT2D eigenvalue weighted by molar-refractivity contribution is 5.60. The molecule has 1 aliphatic heterocycles. The Bertz CT molecular complexity index is 426. The van der Waals surface area contributed by atoms with Crippen LogP contribution in [0.25, 0.3) is 0 Å². The van der Waals surface area contributed by atoms with Gasteiger partial charge in [-0.2, -0.15) is 0 Å². The van der Waals surface area contributed by atoms with E-state index in [0.29, 0.717) is 0 Å². The van der Waals surface area contributed by atoms with Gasteiger partial charge >= 0.3 is 0 Å². The first kappa shape index (κ1) is 12.0. The summed E-state index contributed by atoms with van der Waals surface area (Å²) in [6, 6.07) is 4.28. The van der Waals surface area contributed by atoms with Gasteiger partial charge in [0.05, 0.1) is 7.11 Å². The Balaban J connectivity index is 2.37. The first-order valence-corrected chi connectivity index (χ1v) is 6.03. The van der Waals surface area contributed by atoms with E-state index in [1.54, 1.807) is 7.11 Å². The topological polar surface area (TPSA) is 33.3 Å². The van der Waals surface area contributed by atoms with Crippen molar-refractivity contribution in [3.8, 4) is 5.75 Å². The molecular weight excluding hydrogens is 212 g/mol. The monoisotopic (exact) mass is 232 g/mol. The predicted octanol–water partition coefficient (Wildman–Crippen LogP) is 2.47. The molecule has 0 aromatic heterocycles. The molecule has 1 aliphatic rings. The summed E-state index contributed by atoms with van der Waals surface area (Å²) < 4.78 is 5.38. The lowest BCUT2D eigenvalue weighted by molar-refractivity contribution is 0.411. The minimum atomic E-state index is 0.824. The third kappa shape index (κ3) is 2.80. The van der Waals surface area contributed by atoms with E-state index < -0.39 is 0 Å². The lowest BCUT2D eigenvalue weighted by Gasteiger charge is -2.15. The van der Waals surface area contributed by atoms with Crippen LogP contribution in [0, 0.1) is 6.92 Å². The molecule has 0 radical (unpaired) electrons. The first-order chi connectivity index (χ1) is 8.20. The van der Waals surface area contributed by atoms with Gasteiger partial charge in [-0.05, 0) is 49.6 Å². The molecule has 0 atom stereocenters. The standard InChI is InChI=1S/C14H20N2O/c1-10-7-13-12(8-14(10)17-3)5-4-6-15-9-11(2)16-13/h7-8,15-16H,2,4-6,9H2,1,3H3. The van der Waals surface area contributed by atoms with E-state index in [4.69, 9.17) is 4.74 Å².